The first-order valence-corrected chi connectivity index (χ1v) is 7.75. The maximum atomic E-state index is 11.9. The van der Waals surface area contributed by atoms with Crippen LogP contribution in [0.15, 0.2) is 16.2 Å². The predicted molar refractivity (Wildman–Crippen MR) is 80.1 cm³/mol. The van der Waals surface area contributed by atoms with Crippen LogP contribution >= 0.6 is 11.3 Å². The normalized spacial score (nSPS) is 22.2. The van der Waals surface area contributed by atoms with Gasteiger partial charge in [-0.2, -0.15) is 0 Å². The Hall–Kier alpha value is -1.24. The highest BCUT2D eigenvalue weighted by molar-refractivity contribution is 7.17. The van der Waals surface area contributed by atoms with Crippen molar-refractivity contribution in [3.63, 3.8) is 0 Å². The van der Waals surface area contributed by atoms with Crippen molar-refractivity contribution in [2.45, 2.75) is 44.9 Å². The fraction of sp³-hybridized carbons (Fsp3) is 0.571. The van der Waals surface area contributed by atoms with E-state index in [2.05, 4.69) is 29.1 Å². The van der Waals surface area contributed by atoms with Crippen LogP contribution in [-0.4, -0.2) is 28.2 Å². The molecule has 108 valence electrons. The Morgan fingerprint density at radius 3 is 3.25 bits per heavy atom. The van der Waals surface area contributed by atoms with E-state index in [1.807, 2.05) is 11.4 Å². The third-order valence-electron chi connectivity index (χ3n) is 3.62. The molecule has 6 heteroatoms. The zero-order valence-electron chi connectivity index (χ0n) is 11.7. The fourth-order valence-electron chi connectivity index (χ4n) is 2.65. The molecule has 1 fully saturated rings. The number of nitrogens with zero attached hydrogens (tertiary/aromatic N) is 1. The summed E-state index contributed by atoms with van der Waals surface area (Å²) in [5, 5.41) is 5.36. The Balaban J connectivity index is 1.69. The monoisotopic (exact) mass is 293 g/mol. The standard InChI is InChI=1S/C14H19N3O2S/c1-14(2)7-9(3-5-19-14)15-8-11-16-10-4-6-20-12(10)13(18)17-11/h4,6,9,15H,3,5,7-8H2,1-2H3,(H,16,17,18). The molecule has 0 aliphatic carbocycles. The lowest BCUT2D eigenvalue weighted by Gasteiger charge is -2.35. The lowest BCUT2D eigenvalue weighted by molar-refractivity contribution is -0.0631. The molecule has 0 radical (unpaired) electrons. The minimum Gasteiger partial charge on any atom is -0.375 e. The first kappa shape index (κ1) is 13.7. The summed E-state index contributed by atoms with van der Waals surface area (Å²) in [6.07, 6.45) is 1.96. The largest absolute Gasteiger partial charge is 0.375 e. The van der Waals surface area contributed by atoms with Gasteiger partial charge in [-0.05, 0) is 38.1 Å². The van der Waals surface area contributed by atoms with Crippen LogP contribution < -0.4 is 10.9 Å². The van der Waals surface area contributed by atoms with Crippen LogP contribution in [0.4, 0.5) is 0 Å². The molecule has 20 heavy (non-hydrogen) atoms. The van der Waals surface area contributed by atoms with Crippen molar-refractivity contribution in [1.82, 2.24) is 15.3 Å². The Bertz CT molecular complexity index is 662. The van der Waals surface area contributed by atoms with E-state index in [9.17, 15) is 4.79 Å². The van der Waals surface area contributed by atoms with Crippen LogP contribution in [0.3, 0.4) is 0 Å². The average molecular weight is 293 g/mol. The quantitative estimate of drug-likeness (QED) is 0.908. The summed E-state index contributed by atoms with van der Waals surface area (Å²) in [6, 6.07) is 2.29. The minimum absolute atomic E-state index is 0.0471. The summed E-state index contributed by atoms with van der Waals surface area (Å²) in [7, 11) is 0. The molecule has 1 unspecified atom stereocenters. The van der Waals surface area contributed by atoms with Gasteiger partial charge >= 0.3 is 0 Å². The van der Waals surface area contributed by atoms with Gasteiger partial charge in [-0.15, -0.1) is 11.3 Å². The molecule has 1 saturated heterocycles. The van der Waals surface area contributed by atoms with Crippen LogP contribution in [0.1, 0.15) is 32.5 Å². The van der Waals surface area contributed by atoms with Crippen molar-refractivity contribution < 1.29 is 4.74 Å². The van der Waals surface area contributed by atoms with Crippen LogP contribution in [0.2, 0.25) is 0 Å². The van der Waals surface area contributed by atoms with Crippen LogP contribution in [0, 0.1) is 0 Å². The zero-order valence-corrected chi connectivity index (χ0v) is 12.5. The van der Waals surface area contributed by atoms with Crippen molar-refractivity contribution in [2.24, 2.45) is 0 Å². The number of H-pyrrole nitrogens is 1. The summed E-state index contributed by atoms with van der Waals surface area (Å²) in [4.78, 5) is 19.2. The smallest absolute Gasteiger partial charge is 0.268 e. The molecule has 2 N–H and O–H groups in total. The average Bonchev–Trinajstić information content (AvgIpc) is 2.84. The number of fused-ring (bicyclic) bond motifs is 1. The van der Waals surface area contributed by atoms with Crippen LogP contribution in [0.25, 0.3) is 10.2 Å². The Labute approximate surface area is 121 Å². The Kier molecular flexibility index (Phi) is 3.62. The van der Waals surface area contributed by atoms with Crippen molar-refractivity contribution in [1.29, 1.82) is 0 Å². The lowest BCUT2D eigenvalue weighted by atomic mass is 9.94. The highest BCUT2D eigenvalue weighted by Crippen LogP contribution is 2.24. The second kappa shape index (κ2) is 5.27. The summed E-state index contributed by atoms with van der Waals surface area (Å²) in [5.41, 5.74) is 0.658. The van der Waals surface area contributed by atoms with E-state index in [4.69, 9.17) is 4.74 Å². The van der Waals surface area contributed by atoms with E-state index < -0.39 is 0 Å². The number of aromatic amines is 1. The summed E-state index contributed by atoms with van der Waals surface area (Å²) < 4.78 is 6.40. The minimum atomic E-state index is -0.0753. The lowest BCUT2D eigenvalue weighted by Crippen LogP contribution is -2.43. The second-order valence-electron chi connectivity index (χ2n) is 5.83. The third kappa shape index (κ3) is 2.92. The predicted octanol–water partition coefficient (Wildman–Crippen LogP) is 2.03. The molecule has 0 bridgehead atoms. The Morgan fingerprint density at radius 1 is 1.60 bits per heavy atom. The van der Waals surface area contributed by atoms with Crippen molar-refractivity contribution in [2.75, 3.05) is 6.61 Å². The molecule has 0 spiro atoms. The molecule has 1 aliphatic heterocycles. The zero-order chi connectivity index (χ0) is 14.2. The number of thiophene rings is 1. The second-order valence-corrected chi connectivity index (χ2v) is 6.74. The van der Waals surface area contributed by atoms with Gasteiger partial charge < -0.3 is 15.0 Å². The van der Waals surface area contributed by atoms with E-state index in [-0.39, 0.29) is 11.2 Å². The van der Waals surface area contributed by atoms with E-state index in [0.717, 1.165) is 25.0 Å². The topological polar surface area (TPSA) is 67.0 Å². The molecule has 1 atom stereocenters. The SMILES string of the molecule is CC1(C)CC(NCc2nc3ccsc3c(=O)[nH]2)CCO1. The van der Waals surface area contributed by atoms with E-state index >= 15 is 0 Å². The molecule has 3 heterocycles. The number of hydrogen-bond acceptors (Lipinski definition) is 5. The fourth-order valence-corrected chi connectivity index (χ4v) is 3.38. The van der Waals surface area contributed by atoms with Gasteiger partial charge in [0.1, 0.15) is 10.5 Å². The number of aromatic nitrogens is 2. The van der Waals surface area contributed by atoms with E-state index in [1.165, 1.54) is 11.3 Å². The van der Waals surface area contributed by atoms with E-state index in [0.29, 0.717) is 23.1 Å². The number of rotatable bonds is 3. The summed E-state index contributed by atoms with van der Waals surface area (Å²) in [5.74, 6) is 0.699. The molecular weight excluding hydrogens is 274 g/mol. The molecule has 5 nitrogen and oxygen atoms in total. The van der Waals surface area contributed by atoms with Crippen molar-refractivity contribution in [3.05, 3.63) is 27.6 Å². The highest BCUT2D eigenvalue weighted by Gasteiger charge is 2.28. The van der Waals surface area contributed by atoms with Crippen molar-refractivity contribution >= 4 is 21.6 Å². The number of nitrogens with one attached hydrogen (secondary N) is 2. The first-order valence-electron chi connectivity index (χ1n) is 6.87. The molecule has 0 aromatic carbocycles. The van der Waals surface area contributed by atoms with E-state index in [1.54, 1.807) is 0 Å². The van der Waals surface area contributed by atoms with Gasteiger partial charge in [0.15, 0.2) is 0 Å². The van der Waals surface area contributed by atoms with Gasteiger partial charge in [-0.3, -0.25) is 4.79 Å². The molecule has 0 saturated carbocycles. The highest BCUT2D eigenvalue weighted by atomic mass is 32.1. The van der Waals surface area contributed by atoms with Gasteiger partial charge in [0.2, 0.25) is 0 Å². The molecule has 3 rings (SSSR count). The van der Waals surface area contributed by atoms with Crippen LogP contribution in [-0.2, 0) is 11.3 Å². The summed E-state index contributed by atoms with van der Waals surface area (Å²) in [6.45, 7) is 5.58. The van der Waals surface area contributed by atoms with Crippen molar-refractivity contribution in [3.8, 4) is 0 Å². The molecule has 2 aromatic rings. The van der Waals surface area contributed by atoms with Gasteiger partial charge in [0, 0.05) is 12.6 Å². The number of hydrogen-bond donors (Lipinski definition) is 2. The van der Waals surface area contributed by atoms with Crippen LogP contribution in [0.5, 0.6) is 0 Å². The van der Waals surface area contributed by atoms with Gasteiger partial charge in [-0.1, -0.05) is 0 Å². The summed E-state index contributed by atoms with van der Waals surface area (Å²) >= 11 is 1.43. The van der Waals surface area contributed by atoms with Gasteiger partial charge in [0.05, 0.1) is 17.7 Å². The molecular formula is C14H19N3O2S. The molecule has 1 aliphatic rings. The molecule has 0 amide bonds. The van der Waals surface area contributed by atoms with Gasteiger partial charge in [-0.25, -0.2) is 4.98 Å². The maximum Gasteiger partial charge on any atom is 0.268 e. The first-order chi connectivity index (χ1) is 9.53. The Morgan fingerprint density at radius 2 is 2.45 bits per heavy atom. The number of ether oxygens (including phenoxy) is 1. The maximum absolute atomic E-state index is 11.9. The third-order valence-corrected chi connectivity index (χ3v) is 4.52. The van der Waals surface area contributed by atoms with Gasteiger partial charge in [0.25, 0.3) is 5.56 Å². The molecule has 2 aromatic heterocycles.